The molecule has 0 radical (unpaired) electrons. The molecule has 1 N–H and O–H groups in total. The van der Waals surface area contributed by atoms with E-state index in [9.17, 15) is 9.59 Å². The molecule has 2 aromatic heterocycles. The number of nitrogens with zero attached hydrogens (tertiary/aromatic N) is 4. The zero-order valence-electron chi connectivity index (χ0n) is 21.6. The fraction of sp³-hybridized carbons (Fsp3) is 0.464. The summed E-state index contributed by atoms with van der Waals surface area (Å²) in [6.45, 7) is 3.28. The maximum atomic E-state index is 12.8. The fourth-order valence-electron chi connectivity index (χ4n) is 4.92. The number of pyridine rings is 1. The summed E-state index contributed by atoms with van der Waals surface area (Å²) in [5.41, 5.74) is 0.570. The van der Waals surface area contributed by atoms with Gasteiger partial charge in [0, 0.05) is 51.0 Å². The third kappa shape index (κ3) is 6.05. The molecule has 9 nitrogen and oxygen atoms in total. The van der Waals surface area contributed by atoms with Crippen molar-refractivity contribution >= 4 is 28.4 Å². The minimum absolute atomic E-state index is 0.0152. The summed E-state index contributed by atoms with van der Waals surface area (Å²) in [5.74, 6) is 1.49. The highest BCUT2D eigenvalue weighted by atomic mass is 16.5. The summed E-state index contributed by atoms with van der Waals surface area (Å²) >= 11 is 0. The first-order chi connectivity index (χ1) is 18.0. The molecule has 2 fully saturated rings. The number of amides is 2. The Morgan fingerprint density at radius 3 is 2.62 bits per heavy atom. The number of aromatic nitrogens is 2. The van der Waals surface area contributed by atoms with E-state index in [2.05, 4.69) is 28.4 Å². The number of nitrogens with one attached hydrogen (secondary N) is 1. The van der Waals surface area contributed by atoms with Crippen molar-refractivity contribution in [3.63, 3.8) is 0 Å². The topological polar surface area (TPSA) is 88.9 Å². The van der Waals surface area contributed by atoms with E-state index >= 15 is 0 Å². The lowest BCUT2D eigenvalue weighted by atomic mass is 9.92. The number of likely N-dealkylation sites (N-methyl/N-ethyl adjacent to an activating group) is 1. The summed E-state index contributed by atoms with van der Waals surface area (Å²) in [4.78, 5) is 33.4. The van der Waals surface area contributed by atoms with Gasteiger partial charge in [0.05, 0.1) is 18.8 Å². The van der Waals surface area contributed by atoms with Crippen LogP contribution in [0.1, 0.15) is 36.0 Å². The zero-order valence-corrected chi connectivity index (χ0v) is 21.6. The van der Waals surface area contributed by atoms with E-state index in [1.807, 2.05) is 12.1 Å². The normalized spacial score (nSPS) is 20.0. The van der Waals surface area contributed by atoms with Crippen LogP contribution in [0.5, 0.6) is 5.88 Å². The van der Waals surface area contributed by atoms with E-state index in [4.69, 9.17) is 14.5 Å². The van der Waals surface area contributed by atoms with Gasteiger partial charge in [-0.3, -0.25) is 9.59 Å². The summed E-state index contributed by atoms with van der Waals surface area (Å²) < 4.78 is 13.7. The number of carbonyl (C=O) groups is 2. The number of anilines is 1. The molecule has 0 bridgehead atoms. The third-order valence-electron chi connectivity index (χ3n) is 7.14. The van der Waals surface area contributed by atoms with E-state index in [0.29, 0.717) is 24.7 Å². The lowest BCUT2D eigenvalue weighted by Crippen LogP contribution is -2.39. The summed E-state index contributed by atoms with van der Waals surface area (Å²) in [7, 11) is 3.44. The Balaban J connectivity index is 1.18. The minimum atomic E-state index is -0.105. The van der Waals surface area contributed by atoms with Crippen molar-refractivity contribution in [2.24, 2.45) is 0 Å². The van der Waals surface area contributed by atoms with Crippen molar-refractivity contribution in [3.05, 3.63) is 54.4 Å². The molecule has 3 heterocycles. The van der Waals surface area contributed by atoms with Crippen molar-refractivity contribution in [1.29, 1.82) is 0 Å². The molecule has 5 rings (SSSR count). The predicted octanol–water partition coefficient (Wildman–Crippen LogP) is 3.08. The highest BCUT2D eigenvalue weighted by Gasteiger charge is 2.26. The van der Waals surface area contributed by atoms with Gasteiger partial charge in [0.2, 0.25) is 11.8 Å². The van der Waals surface area contributed by atoms with Gasteiger partial charge in [-0.1, -0.05) is 18.2 Å². The third-order valence-corrected chi connectivity index (χ3v) is 7.14. The summed E-state index contributed by atoms with van der Waals surface area (Å²) in [5, 5.41) is 5.29. The lowest BCUT2D eigenvalue weighted by Gasteiger charge is -2.31. The molecule has 3 aromatic rings. The SMILES string of the molecule is CN(C)C(=O)Cn1ccc(C(=O)NC2CCC(Oc3nc(N4CCOCC4)cc4ccccc34)CC2)c1. The molecule has 1 saturated carbocycles. The van der Waals surface area contributed by atoms with Crippen molar-refractivity contribution < 1.29 is 19.1 Å². The summed E-state index contributed by atoms with van der Waals surface area (Å²) in [6.07, 6.45) is 6.94. The molecular formula is C28H35N5O4. The molecule has 0 unspecified atom stereocenters. The Kier molecular flexibility index (Phi) is 7.60. The van der Waals surface area contributed by atoms with Crippen LogP contribution in [0.15, 0.2) is 48.8 Å². The monoisotopic (exact) mass is 505 g/mol. The first-order valence-corrected chi connectivity index (χ1v) is 13.0. The Bertz CT molecular complexity index is 1240. The van der Waals surface area contributed by atoms with Gasteiger partial charge in [-0.25, -0.2) is 0 Å². The van der Waals surface area contributed by atoms with Gasteiger partial charge < -0.3 is 29.2 Å². The molecule has 1 aromatic carbocycles. The standard InChI is InChI=1S/C28H35N5O4/c1-31(2)26(34)19-32-12-11-21(18-32)27(35)29-22-7-9-23(10-8-22)37-28-24-6-4-3-5-20(24)17-25(30-28)33-13-15-36-16-14-33/h3-6,11-12,17-18,22-23H,7-10,13-16,19H2,1-2H3,(H,29,35). The minimum Gasteiger partial charge on any atom is -0.474 e. The Hall–Kier alpha value is -3.59. The predicted molar refractivity (Wildman–Crippen MR) is 142 cm³/mol. The van der Waals surface area contributed by atoms with Crippen LogP contribution in [-0.4, -0.2) is 78.8 Å². The molecule has 196 valence electrons. The Labute approximate surface area is 217 Å². The van der Waals surface area contributed by atoms with Crippen LogP contribution in [0.4, 0.5) is 5.82 Å². The van der Waals surface area contributed by atoms with Gasteiger partial charge in [0.1, 0.15) is 18.5 Å². The van der Waals surface area contributed by atoms with Crippen molar-refractivity contribution in [2.75, 3.05) is 45.3 Å². The van der Waals surface area contributed by atoms with Crippen molar-refractivity contribution in [1.82, 2.24) is 19.8 Å². The first kappa shape index (κ1) is 25.1. The fourth-order valence-corrected chi connectivity index (χ4v) is 4.92. The highest BCUT2D eigenvalue weighted by Crippen LogP contribution is 2.31. The van der Waals surface area contributed by atoms with E-state index in [1.165, 1.54) is 4.90 Å². The molecule has 0 atom stereocenters. The number of ether oxygens (including phenoxy) is 2. The second kappa shape index (κ2) is 11.2. The van der Waals surface area contributed by atoms with Crippen LogP contribution in [0.25, 0.3) is 10.8 Å². The van der Waals surface area contributed by atoms with E-state index in [1.54, 1.807) is 37.1 Å². The van der Waals surface area contributed by atoms with E-state index in [-0.39, 0.29) is 30.5 Å². The molecule has 1 aliphatic carbocycles. The van der Waals surface area contributed by atoms with Gasteiger partial charge in [-0.15, -0.1) is 0 Å². The number of rotatable bonds is 7. The molecule has 1 aliphatic heterocycles. The van der Waals surface area contributed by atoms with Gasteiger partial charge in [-0.2, -0.15) is 4.98 Å². The smallest absolute Gasteiger partial charge is 0.253 e. The molecule has 2 aliphatic rings. The van der Waals surface area contributed by atoms with Crippen molar-refractivity contribution in [3.8, 4) is 5.88 Å². The molecule has 2 amide bonds. The Morgan fingerprint density at radius 1 is 1.11 bits per heavy atom. The second-order valence-electron chi connectivity index (χ2n) is 10.0. The van der Waals surface area contributed by atoms with Crippen LogP contribution in [-0.2, 0) is 16.1 Å². The number of fused-ring (bicyclic) bond motifs is 1. The van der Waals surface area contributed by atoms with Crippen LogP contribution in [0.2, 0.25) is 0 Å². The van der Waals surface area contributed by atoms with E-state index < -0.39 is 0 Å². The second-order valence-corrected chi connectivity index (χ2v) is 10.0. The largest absolute Gasteiger partial charge is 0.474 e. The average Bonchev–Trinajstić information content (AvgIpc) is 3.39. The molecule has 9 heteroatoms. The van der Waals surface area contributed by atoms with Crippen LogP contribution >= 0.6 is 0 Å². The van der Waals surface area contributed by atoms with Gasteiger partial charge in [0.15, 0.2) is 0 Å². The molecule has 37 heavy (non-hydrogen) atoms. The van der Waals surface area contributed by atoms with Crippen molar-refractivity contribution in [2.45, 2.75) is 44.4 Å². The maximum Gasteiger partial charge on any atom is 0.253 e. The van der Waals surface area contributed by atoms with Crippen LogP contribution in [0.3, 0.4) is 0 Å². The first-order valence-electron chi connectivity index (χ1n) is 13.0. The van der Waals surface area contributed by atoms with Gasteiger partial charge in [-0.05, 0) is 49.3 Å². The number of benzene rings is 1. The zero-order chi connectivity index (χ0) is 25.8. The molecule has 1 saturated heterocycles. The average molecular weight is 506 g/mol. The number of hydrogen-bond donors (Lipinski definition) is 1. The van der Waals surface area contributed by atoms with Crippen LogP contribution < -0.4 is 15.0 Å². The lowest BCUT2D eigenvalue weighted by molar-refractivity contribution is -0.129. The van der Waals surface area contributed by atoms with E-state index in [0.717, 1.165) is 55.4 Å². The summed E-state index contributed by atoms with van der Waals surface area (Å²) in [6, 6.07) is 12.2. The van der Waals surface area contributed by atoms with Gasteiger partial charge >= 0.3 is 0 Å². The maximum absolute atomic E-state index is 12.8. The van der Waals surface area contributed by atoms with Crippen LogP contribution in [0, 0.1) is 0 Å². The molecule has 0 spiro atoms. The molecular weight excluding hydrogens is 470 g/mol. The number of morpholine rings is 1. The van der Waals surface area contributed by atoms with Gasteiger partial charge in [0.25, 0.3) is 5.91 Å². The quantitative estimate of drug-likeness (QED) is 0.531. The number of hydrogen-bond acceptors (Lipinski definition) is 6. The Morgan fingerprint density at radius 2 is 1.86 bits per heavy atom. The number of carbonyl (C=O) groups excluding carboxylic acids is 2. The highest BCUT2D eigenvalue weighted by molar-refractivity contribution is 5.94.